The standard InChI is InChI=1S/C14H20BrN3O3S/c1-10-7-11-8-12(15)5-6-13(11)18(10)14(19)9-17(4)22(20,21)16(2)3/h5-6,8,10H,7,9H2,1-4H3/t10-/m1/s1. The Hall–Kier alpha value is -0.960. The number of rotatable bonds is 4. The lowest BCUT2D eigenvalue weighted by atomic mass is 10.1. The van der Waals surface area contributed by atoms with Gasteiger partial charge in [0.15, 0.2) is 0 Å². The fourth-order valence-electron chi connectivity index (χ4n) is 2.61. The molecule has 122 valence electrons. The van der Waals surface area contributed by atoms with Gasteiger partial charge in [0.05, 0.1) is 6.54 Å². The van der Waals surface area contributed by atoms with Crippen LogP contribution in [0.25, 0.3) is 0 Å². The van der Waals surface area contributed by atoms with E-state index in [-0.39, 0.29) is 18.5 Å². The summed E-state index contributed by atoms with van der Waals surface area (Å²) < 4.78 is 27.2. The van der Waals surface area contributed by atoms with Crippen molar-refractivity contribution < 1.29 is 13.2 Å². The molecule has 1 aliphatic heterocycles. The van der Waals surface area contributed by atoms with Crippen LogP contribution in [0.15, 0.2) is 22.7 Å². The number of fused-ring (bicyclic) bond motifs is 1. The SMILES string of the molecule is C[C@@H]1Cc2cc(Br)ccc2N1C(=O)CN(C)S(=O)(=O)N(C)C. The van der Waals surface area contributed by atoms with E-state index in [1.165, 1.54) is 21.1 Å². The van der Waals surface area contributed by atoms with E-state index in [4.69, 9.17) is 0 Å². The lowest BCUT2D eigenvalue weighted by Crippen LogP contribution is -2.46. The van der Waals surface area contributed by atoms with Gasteiger partial charge in [-0.05, 0) is 37.1 Å². The Bertz CT molecular complexity index is 691. The zero-order chi connectivity index (χ0) is 16.7. The fourth-order valence-corrected chi connectivity index (χ4v) is 3.85. The second-order valence-electron chi connectivity index (χ2n) is 5.64. The Labute approximate surface area is 140 Å². The van der Waals surface area contributed by atoms with Gasteiger partial charge < -0.3 is 4.90 Å². The maximum absolute atomic E-state index is 12.6. The molecular weight excluding hydrogens is 370 g/mol. The van der Waals surface area contributed by atoms with Gasteiger partial charge in [0, 0.05) is 37.3 Å². The molecule has 1 aliphatic rings. The molecular formula is C14H20BrN3O3S. The van der Waals surface area contributed by atoms with Crippen molar-refractivity contribution in [2.24, 2.45) is 0 Å². The summed E-state index contributed by atoms with van der Waals surface area (Å²) >= 11 is 3.43. The van der Waals surface area contributed by atoms with Crippen LogP contribution in [0.1, 0.15) is 12.5 Å². The van der Waals surface area contributed by atoms with Crippen molar-refractivity contribution in [2.75, 3.05) is 32.6 Å². The molecule has 1 aromatic carbocycles. The number of likely N-dealkylation sites (N-methyl/N-ethyl adjacent to an activating group) is 1. The van der Waals surface area contributed by atoms with E-state index < -0.39 is 10.2 Å². The van der Waals surface area contributed by atoms with Gasteiger partial charge in [-0.2, -0.15) is 17.0 Å². The number of amides is 1. The highest BCUT2D eigenvalue weighted by Crippen LogP contribution is 2.34. The summed E-state index contributed by atoms with van der Waals surface area (Å²) in [6, 6.07) is 5.80. The summed E-state index contributed by atoms with van der Waals surface area (Å²) in [5, 5.41) is 0. The van der Waals surface area contributed by atoms with E-state index in [0.717, 1.165) is 30.8 Å². The highest BCUT2D eigenvalue weighted by molar-refractivity contribution is 9.10. The molecule has 22 heavy (non-hydrogen) atoms. The predicted molar refractivity (Wildman–Crippen MR) is 90.0 cm³/mol. The van der Waals surface area contributed by atoms with Crippen molar-refractivity contribution in [1.82, 2.24) is 8.61 Å². The van der Waals surface area contributed by atoms with E-state index in [0.29, 0.717) is 0 Å². The minimum Gasteiger partial charge on any atom is -0.308 e. The molecule has 8 heteroatoms. The smallest absolute Gasteiger partial charge is 0.281 e. The Morgan fingerprint density at radius 2 is 2.00 bits per heavy atom. The maximum Gasteiger partial charge on any atom is 0.281 e. The molecule has 0 saturated carbocycles. The van der Waals surface area contributed by atoms with E-state index in [1.54, 1.807) is 4.90 Å². The lowest BCUT2D eigenvalue weighted by Gasteiger charge is -2.26. The highest BCUT2D eigenvalue weighted by atomic mass is 79.9. The van der Waals surface area contributed by atoms with Crippen LogP contribution in [0.3, 0.4) is 0 Å². The monoisotopic (exact) mass is 389 g/mol. The second kappa shape index (κ2) is 6.27. The van der Waals surface area contributed by atoms with Crippen LogP contribution in [0.4, 0.5) is 5.69 Å². The molecule has 1 atom stereocenters. The Morgan fingerprint density at radius 1 is 1.36 bits per heavy atom. The molecule has 0 unspecified atom stereocenters. The van der Waals surface area contributed by atoms with Gasteiger partial charge in [-0.3, -0.25) is 4.79 Å². The lowest BCUT2D eigenvalue weighted by molar-refractivity contribution is -0.119. The van der Waals surface area contributed by atoms with Crippen LogP contribution in [0, 0.1) is 0 Å². The maximum atomic E-state index is 12.6. The molecule has 1 heterocycles. The van der Waals surface area contributed by atoms with Gasteiger partial charge in [-0.1, -0.05) is 15.9 Å². The van der Waals surface area contributed by atoms with Crippen molar-refractivity contribution in [1.29, 1.82) is 0 Å². The first-order valence-corrected chi connectivity index (χ1v) is 9.08. The van der Waals surface area contributed by atoms with Crippen LogP contribution in [-0.2, 0) is 21.4 Å². The van der Waals surface area contributed by atoms with Gasteiger partial charge >= 0.3 is 0 Å². The molecule has 0 bridgehead atoms. The first-order chi connectivity index (χ1) is 10.1. The average Bonchev–Trinajstić information content (AvgIpc) is 2.73. The number of hydrogen-bond donors (Lipinski definition) is 0. The largest absolute Gasteiger partial charge is 0.308 e. The van der Waals surface area contributed by atoms with Crippen LogP contribution >= 0.6 is 15.9 Å². The van der Waals surface area contributed by atoms with Crippen molar-refractivity contribution in [2.45, 2.75) is 19.4 Å². The molecule has 1 amide bonds. The minimum atomic E-state index is -3.59. The molecule has 1 aromatic rings. The number of hydrogen-bond acceptors (Lipinski definition) is 3. The topological polar surface area (TPSA) is 60.9 Å². The molecule has 0 aromatic heterocycles. The Balaban J connectivity index is 2.21. The van der Waals surface area contributed by atoms with Crippen LogP contribution < -0.4 is 4.90 Å². The van der Waals surface area contributed by atoms with Gasteiger partial charge in [0.2, 0.25) is 5.91 Å². The average molecular weight is 390 g/mol. The van der Waals surface area contributed by atoms with Crippen LogP contribution in [-0.4, -0.2) is 56.7 Å². The molecule has 2 rings (SSSR count). The zero-order valence-electron chi connectivity index (χ0n) is 13.1. The normalized spacial score (nSPS) is 18.1. The van der Waals surface area contributed by atoms with Crippen LogP contribution in [0.5, 0.6) is 0 Å². The van der Waals surface area contributed by atoms with Gasteiger partial charge in [0.25, 0.3) is 10.2 Å². The molecule has 6 nitrogen and oxygen atoms in total. The van der Waals surface area contributed by atoms with E-state index in [2.05, 4.69) is 15.9 Å². The molecule has 0 N–H and O–H groups in total. The summed E-state index contributed by atoms with van der Waals surface area (Å²) in [7, 11) is 0.714. The Morgan fingerprint density at radius 3 is 2.59 bits per heavy atom. The Kier molecular flexibility index (Phi) is 4.96. The molecule has 0 radical (unpaired) electrons. The van der Waals surface area contributed by atoms with Crippen molar-refractivity contribution in [3.63, 3.8) is 0 Å². The summed E-state index contributed by atoms with van der Waals surface area (Å²) in [6.45, 7) is 1.78. The van der Waals surface area contributed by atoms with E-state index in [9.17, 15) is 13.2 Å². The van der Waals surface area contributed by atoms with Crippen molar-refractivity contribution >= 4 is 37.7 Å². The molecule has 0 fully saturated rings. The number of anilines is 1. The number of halogens is 1. The van der Waals surface area contributed by atoms with Crippen LogP contribution in [0.2, 0.25) is 0 Å². The quantitative estimate of drug-likeness (QED) is 0.782. The fraction of sp³-hybridized carbons (Fsp3) is 0.500. The molecule has 0 saturated heterocycles. The second-order valence-corrected chi connectivity index (χ2v) is 8.80. The van der Waals surface area contributed by atoms with E-state index >= 15 is 0 Å². The third-order valence-corrected chi connectivity index (χ3v) is 6.07. The first kappa shape index (κ1) is 17.4. The summed E-state index contributed by atoms with van der Waals surface area (Å²) in [6.07, 6.45) is 0.769. The highest BCUT2D eigenvalue weighted by Gasteiger charge is 2.33. The number of nitrogens with zero attached hydrogens (tertiary/aromatic N) is 3. The zero-order valence-corrected chi connectivity index (χ0v) is 15.5. The molecule has 0 spiro atoms. The van der Waals surface area contributed by atoms with E-state index in [1.807, 2.05) is 25.1 Å². The molecule has 0 aliphatic carbocycles. The third-order valence-electron chi connectivity index (χ3n) is 3.74. The van der Waals surface area contributed by atoms with Gasteiger partial charge in [0.1, 0.15) is 0 Å². The third kappa shape index (κ3) is 3.19. The predicted octanol–water partition coefficient (Wildman–Crippen LogP) is 1.46. The summed E-state index contributed by atoms with van der Waals surface area (Å²) in [4.78, 5) is 14.3. The minimum absolute atomic E-state index is 0.0206. The van der Waals surface area contributed by atoms with Gasteiger partial charge in [-0.25, -0.2) is 0 Å². The summed E-state index contributed by atoms with van der Waals surface area (Å²) in [5.41, 5.74) is 1.95. The van der Waals surface area contributed by atoms with Crippen molar-refractivity contribution in [3.8, 4) is 0 Å². The van der Waals surface area contributed by atoms with Crippen molar-refractivity contribution in [3.05, 3.63) is 28.2 Å². The number of carbonyl (C=O) groups excluding carboxylic acids is 1. The number of benzene rings is 1. The first-order valence-electron chi connectivity index (χ1n) is 6.89. The number of carbonyl (C=O) groups is 1. The van der Waals surface area contributed by atoms with Gasteiger partial charge in [-0.15, -0.1) is 0 Å². The summed E-state index contributed by atoms with van der Waals surface area (Å²) in [5.74, 6) is -0.221.